The van der Waals surface area contributed by atoms with Crippen LogP contribution in [-0.2, 0) is 16.0 Å². The second-order valence-corrected chi connectivity index (χ2v) is 7.85. The second kappa shape index (κ2) is 11.7. The topological polar surface area (TPSA) is 88.7 Å². The van der Waals surface area contributed by atoms with Gasteiger partial charge in [-0.1, -0.05) is 24.6 Å². The number of rotatable bonds is 7. The van der Waals surface area contributed by atoms with Gasteiger partial charge in [0.05, 0.1) is 4.47 Å². The van der Waals surface area contributed by atoms with Crippen molar-refractivity contribution in [3.05, 3.63) is 57.0 Å². The van der Waals surface area contributed by atoms with E-state index in [9.17, 15) is 9.59 Å². The average Bonchev–Trinajstić information content (AvgIpc) is 2.70. The highest BCUT2D eigenvalue weighted by atomic mass is 79.9. The standard InChI is InChI=1S/C20H21BrClN3O4S/c1-3-13-4-6-17(15(21)9-13)29-10-18(26)23-20(30)25-24-19(27)11-28-16-7-5-14(22)8-12(16)2/h4-9H,3,10-11H2,1-2H3,(H,24,27)(H2,23,25,26,30). The van der Waals surface area contributed by atoms with Gasteiger partial charge in [-0.05, 0) is 83.0 Å². The summed E-state index contributed by atoms with van der Waals surface area (Å²) in [5.74, 6) is 0.142. The molecule has 0 aromatic heterocycles. The van der Waals surface area contributed by atoms with Crippen molar-refractivity contribution in [1.29, 1.82) is 0 Å². The molecule has 160 valence electrons. The molecule has 2 rings (SSSR count). The zero-order chi connectivity index (χ0) is 22.1. The first-order chi connectivity index (χ1) is 14.3. The highest BCUT2D eigenvalue weighted by Crippen LogP contribution is 2.26. The Balaban J connectivity index is 1.69. The number of hydrogen-bond acceptors (Lipinski definition) is 5. The van der Waals surface area contributed by atoms with Gasteiger partial charge in [0.15, 0.2) is 18.3 Å². The summed E-state index contributed by atoms with van der Waals surface area (Å²) < 4.78 is 11.6. The van der Waals surface area contributed by atoms with E-state index in [2.05, 4.69) is 32.1 Å². The van der Waals surface area contributed by atoms with Crippen molar-refractivity contribution in [1.82, 2.24) is 16.2 Å². The molecule has 0 atom stereocenters. The van der Waals surface area contributed by atoms with Crippen molar-refractivity contribution in [2.24, 2.45) is 0 Å². The van der Waals surface area contributed by atoms with Crippen LogP contribution in [0.4, 0.5) is 0 Å². The van der Waals surface area contributed by atoms with Crippen LogP contribution in [0.1, 0.15) is 18.1 Å². The summed E-state index contributed by atoms with van der Waals surface area (Å²) in [4.78, 5) is 23.8. The molecule has 0 radical (unpaired) electrons. The third kappa shape index (κ3) is 7.81. The number of carbonyl (C=O) groups is 2. The van der Waals surface area contributed by atoms with Gasteiger partial charge in [-0.3, -0.25) is 25.8 Å². The summed E-state index contributed by atoms with van der Waals surface area (Å²) in [5.41, 5.74) is 6.73. The lowest BCUT2D eigenvalue weighted by Gasteiger charge is -2.13. The van der Waals surface area contributed by atoms with E-state index in [0.717, 1.165) is 22.0 Å². The van der Waals surface area contributed by atoms with Gasteiger partial charge in [-0.15, -0.1) is 0 Å². The van der Waals surface area contributed by atoms with Crippen molar-refractivity contribution >= 4 is 56.7 Å². The number of ether oxygens (including phenoxy) is 2. The molecule has 0 aliphatic rings. The van der Waals surface area contributed by atoms with Crippen LogP contribution >= 0.6 is 39.7 Å². The molecule has 2 aromatic carbocycles. The number of thiocarbonyl (C=S) groups is 1. The number of amides is 2. The highest BCUT2D eigenvalue weighted by molar-refractivity contribution is 9.10. The summed E-state index contributed by atoms with van der Waals surface area (Å²) in [6.07, 6.45) is 0.898. The van der Waals surface area contributed by atoms with Crippen LogP contribution in [0, 0.1) is 6.92 Å². The Morgan fingerprint density at radius 1 is 1.03 bits per heavy atom. The molecule has 0 saturated heterocycles. The molecule has 0 bridgehead atoms. The molecule has 0 fully saturated rings. The number of carbonyl (C=O) groups excluding carboxylic acids is 2. The lowest BCUT2D eigenvalue weighted by Crippen LogP contribution is -2.50. The summed E-state index contributed by atoms with van der Waals surface area (Å²) in [7, 11) is 0. The predicted octanol–water partition coefficient (Wildman–Crippen LogP) is 3.45. The molecule has 2 aromatic rings. The van der Waals surface area contributed by atoms with Crippen molar-refractivity contribution in [2.75, 3.05) is 13.2 Å². The fourth-order valence-corrected chi connectivity index (χ4v) is 3.23. The Hall–Kier alpha value is -2.36. The van der Waals surface area contributed by atoms with Crippen molar-refractivity contribution in [2.45, 2.75) is 20.3 Å². The summed E-state index contributed by atoms with van der Waals surface area (Å²) >= 11 is 14.3. The third-order valence-corrected chi connectivity index (χ3v) is 4.89. The van der Waals surface area contributed by atoms with Gasteiger partial charge in [0.25, 0.3) is 11.8 Å². The highest BCUT2D eigenvalue weighted by Gasteiger charge is 2.10. The van der Waals surface area contributed by atoms with Crippen LogP contribution in [0.5, 0.6) is 11.5 Å². The predicted molar refractivity (Wildman–Crippen MR) is 123 cm³/mol. The molecule has 2 amide bonds. The summed E-state index contributed by atoms with van der Waals surface area (Å²) in [5, 5.41) is 2.92. The largest absolute Gasteiger partial charge is 0.483 e. The van der Waals surface area contributed by atoms with Gasteiger partial charge >= 0.3 is 0 Å². The van der Waals surface area contributed by atoms with E-state index in [0.29, 0.717) is 16.5 Å². The zero-order valence-electron chi connectivity index (χ0n) is 16.4. The Kier molecular flexibility index (Phi) is 9.35. The van der Waals surface area contributed by atoms with Crippen molar-refractivity contribution in [3.63, 3.8) is 0 Å². The third-order valence-electron chi connectivity index (χ3n) is 3.83. The smallest absolute Gasteiger partial charge is 0.276 e. The summed E-state index contributed by atoms with van der Waals surface area (Å²) in [6.45, 7) is 3.39. The van der Waals surface area contributed by atoms with Crippen LogP contribution in [-0.4, -0.2) is 30.1 Å². The van der Waals surface area contributed by atoms with Crippen molar-refractivity contribution < 1.29 is 19.1 Å². The van der Waals surface area contributed by atoms with Gasteiger partial charge in [0.1, 0.15) is 11.5 Å². The molecular weight excluding hydrogens is 494 g/mol. The van der Waals surface area contributed by atoms with E-state index in [1.807, 2.05) is 26.0 Å². The minimum Gasteiger partial charge on any atom is -0.483 e. The first kappa shape index (κ1) is 23.9. The molecule has 0 aliphatic carbocycles. The van der Waals surface area contributed by atoms with E-state index >= 15 is 0 Å². The van der Waals surface area contributed by atoms with Crippen LogP contribution in [0.25, 0.3) is 0 Å². The molecule has 0 aliphatic heterocycles. The maximum absolute atomic E-state index is 12.0. The Labute approximate surface area is 193 Å². The molecule has 7 nitrogen and oxygen atoms in total. The van der Waals surface area contributed by atoms with Gasteiger partial charge in [-0.25, -0.2) is 0 Å². The van der Waals surface area contributed by atoms with Gasteiger partial charge in [0, 0.05) is 5.02 Å². The number of aryl methyl sites for hydroxylation is 2. The average molecular weight is 515 g/mol. The van der Waals surface area contributed by atoms with E-state index in [-0.39, 0.29) is 18.3 Å². The first-order valence-corrected chi connectivity index (χ1v) is 10.5. The number of nitrogens with one attached hydrogen (secondary N) is 3. The molecule has 0 saturated carbocycles. The number of hydrogen-bond donors (Lipinski definition) is 3. The first-order valence-electron chi connectivity index (χ1n) is 8.97. The lowest BCUT2D eigenvalue weighted by atomic mass is 10.2. The fraction of sp³-hybridized carbons (Fsp3) is 0.250. The van der Waals surface area contributed by atoms with Gasteiger partial charge in [-0.2, -0.15) is 0 Å². The molecule has 10 heteroatoms. The number of benzene rings is 2. The zero-order valence-corrected chi connectivity index (χ0v) is 19.5. The van der Waals surface area contributed by atoms with Crippen LogP contribution < -0.4 is 25.6 Å². The van der Waals surface area contributed by atoms with E-state index in [1.54, 1.807) is 24.3 Å². The van der Waals surface area contributed by atoms with Gasteiger partial charge < -0.3 is 9.47 Å². The molecule has 3 N–H and O–H groups in total. The maximum Gasteiger partial charge on any atom is 0.276 e. The Morgan fingerprint density at radius 3 is 2.37 bits per heavy atom. The Bertz CT molecular complexity index is 942. The monoisotopic (exact) mass is 513 g/mol. The lowest BCUT2D eigenvalue weighted by molar-refractivity contribution is -0.124. The summed E-state index contributed by atoms with van der Waals surface area (Å²) in [6, 6.07) is 10.7. The fourth-order valence-electron chi connectivity index (χ4n) is 2.30. The number of hydrazine groups is 1. The van der Waals surface area contributed by atoms with E-state index < -0.39 is 11.8 Å². The minimum atomic E-state index is -0.475. The Morgan fingerprint density at radius 2 is 1.70 bits per heavy atom. The van der Waals surface area contributed by atoms with Crippen LogP contribution in [0.15, 0.2) is 40.9 Å². The molecule has 0 unspecified atom stereocenters. The normalized spacial score (nSPS) is 10.1. The second-order valence-electron chi connectivity index (χ2n) is 6.16. The maximum atomic E-state index is 12.0. The molecule has 0 heterocycles. The number of halogens is 2. The SMILES string of the molecule is CCc1ccc(OCC(=O)NC(=S)NNC(=O)COc2ccc(Cl)cc2C)c(Br)c1. The van der Waals surface area contributed by atoms with Crippen molar-refractivity contribution in [3.8, 4) is 11.5 Å². The quantitative estimate of drug-likeness (QED) is 0.387. The van der Waals surface area contributed by atoms with Crippen LogP contribution in [0.2, 0.25) is 5.02 Å². The minimum absolute atomic E-state index is 0.0694. The van der Waals surface area contributed by atoms with E-state index in [1.165, 1.54) is 0 Å². The van der Waals surface area contributed by atoms with Gasteiger partial charge in [0.2, 0.25) is 0 Å². The molecular formula is C20H21BrClN3O4S. The molecule has 30 heavy (non-hydrogen) atoms. The van der Waals surface area contributed by atoms with Crippen LogP contribution in [0.3, 0.4) is 0 Å². The van der Waals surface area contributed by atoms with E-state index in [4.69, 9.17) is 33.3 Å². The molecule has 0 spiro atoms.